The zero-order chi connectivity index (χ0) is 8.43. The number of aliphatic hydroxyl groups is 1. The minimum Gasteiger partial charge on any atom is -0.508 e. The summed E-state index contributed by atoms with van der Waals surface area (Å²) in [5.41, 5.74) is 1.55. The Hall–Kier alpha value is -0.540. The van der Waals surface area contributed by atoms with Crippen LogP contribution in [0.4, 0.5) is 0 Å². The zero-order valence-corrected chi connectivity index (χ0v) is 7.72. The summed E-state index contributed by atoms with van der Waals surface area (Å²) < 4.78 is 0.778. The Bertz CT molecular complexity index is 271. The quantitative estimate of drug-likeness (QED) is 0.754. The summed E-state index contributed by atoms with van der Waals surface area (Å²) in [4.78, 5) is 0. The third-order valence-electron chi connectivity index (χ3n) is 1.57. The largest absolute Gasteiger partial charge is 0.508 e. The average molecular weight is 217 g/mol. The lowest BCUT2D eigenvalue weighted by molar-refractivity contribution is 0.274. The van der Waals surface area contributed by atoms with Crippen molar-refractivity contribution in [3.63, 3.8) is 0 Å². The molecule has 0 spiro atoms. The first-order chi connectivity index (χ1) is 5.16. The number of aromatic hydroxyl groups is 1. The van der Waals surface area contributed by atoms with Crippen LogP contribution in [0.2, 0.25) is 0 Å². The Morgan fingerprint density at radius 3 is 2.55 bits per heavy atom. The Morgan fingerprint density at radius 2 is 2.09 bits per heavy atom. The van der Waals surface area contributed by atoms with E-state index in [0.29, 0.717) is 5.56 Å². The first-order valence-electron chi connectivity index (χ1n) is 3.24. The summed E-state index contributed by atoms with van der Waals surface area (Å²) in [6, 6.07) is 3.37. The fraction of sp³-hybridized carbons (Fsp3) is 0.250. The van der Waals surface area contributed by atoms with E-state index in [0.717, 1.165) is 10.0 Å². The Labute approximate surface area is 73.6 Å². The maximum absolute atomic E-state index is 9.23. The highest BCUT2D eigenvalue weighted by molar-refractivity contribution is 9.10. The number of benzene rings is 1. The van der Waals surface area contributed by atoms with E-state index in [1.165, 1.54) is 0 Å². The third kappa shape index (κ3) is 1.54. The fourth-order valence-electron chi connectivity index (χ4n) is 0.879. The number of aryl methyl sites for hydroxylation is 1. The highest BCUT2D eigenvalue weighted by Crippen LogP contribution is 2.28. The molecule has 0 fully saturated rings. The SMILES string of the molecule is Cc1ccc(O)c(CO)c1Br. The van der Waals surface area contributed by atoms with Gasteiger partial charge >= 0.3 is 0 Å². The molecule has 0 amide bonds. The summed E-state index contributed by atoms with van der Waals surface area (Å²) >= 11 is 3.27. The lowest BCUT2D eigenvalue weighted by atomic mass is 10.1. The summed E-state index contributed by atoms with van der Waals surface area (Å²) in [6.07, 6.45) is 0. The maximum atomic E-state index is 9.23. The van der Waals surface area contributed by atoms with Gasteiger partial charge in [-0.15, -0.1) is 0 Å². The van der Waals surface area contributed by atoms with E-state index >= 15 is 0 Å². The van der Waals surface area contributed by atoms with Crippen LogP contribution in [0.25, 0.3) is 0 Å². The van der Waals surface area contributed by atoms with Crippen molar-refractivity contribution in [2.24, 2.45) is 0 Å². The number of aliphatic hydroxyl groups excluding tert-OH is 1. The highest BCUT2D eigenvalue weighted by Gasteiger charge is 2.06. The number of halogens is 1. The molecule has 0 aliphatic carbocycles. The van der Waals surface area contributed by atoms with Gasteiger partial charge in [0.2, 0.25) is 0 Å². The van der Waals surface area contributed by atoms with E-state index in [9.17, 15) is 5.11 Å². The van der Waals surface area contributed by atoms with Crippen LogP contribution in [-0.4, -0.2) is 10.2 Å². The molecule has 0 saturated carbocycles. The molecule has 2 nitrogen and oxygen atoms in total. The van der Waals surface area contributed by atoms with Crippen molar-refractivity contribution in [3.8, 4) is 5.75 Å². The van der Waals surface area contributed by atoms with E-state index in [2.05, 4.69) is 15.9 Å². The maximum Gasteiger partial charge on any atom is 0.122 e. The van der Waals surface area contributed by atoms with Gasteiger partial charge < -0.3 is 10.2 Å². The highest BCUT2D eigenvalue weighted by atomic mass is 79.9. The van der Waals surface area contributed by atoms with E-state index in [4.69, 9.17) is 5.11 Å². The van der Waals surface area contributed by atoms with Crippen LogP contribution in [0, 0.1) is 6.92 Å². The number of phenols is 1. The molecule has 0 heterocycles. The van der Waals surface area contributed by atoms with Crippen molar-refractivity contribution >= 4 is 15.9 Å². The van der Waals surface area contributed by atoms with E-state index < -0.39 is 0 Å². The number of hydrogen-bond donors (Lipinski definition) is 2. The molecule has 1 aromatic carbocycles. The Morgan fingerprint density at radius 1 is 1.45 bits per heavy atom. The van der Waals surface area contributed by atoms with Crippen LogP contribution in [0.5, 0.6) is 5.75 Å². The van der Waals surface area contributed by atoms with Crippen molar-refractivity contribution < 1.29 is 10.2 Å². The second-order valence-corrected chi connectivity index (χ2v) is 3.15. The summed E-state index contributed by atoms with van der Waals surface area (Å²) in [5, 5.41) is 18.1. The van der Waals surface area contributed by atoms with Crippen LogP contribution in [0.15, 0.2) is 16.6 Å². The van der Waals surface area contributed by atoms with Gasteiger partial charge in [-0.25, -0.2) is 0 Å². The molecule has 0 radical (unpaired) electrons. The zero-order valence-electron chi connectivity index (χ0n) is 6.13. The molecule has 0 aliphatic heterocycles. The second kappa shape index (κ2) is 3.24. The van der Waals surface area contributed by atoms with Crippen LogP contribution >= 0.6 is 15.9 Å². The molecule has 0 aromatic heterocycles. The van der Waals surface area contributed by atoms with Gasteiger partial charge in [-0.05, 0) is 18.6 Å². The molecule has 2 N–H and O–H groups in total. The minimum atomic E-state index is -0.145. The molecule has 0 aliphatic rings. The van der Waals surface area contributed by atoms with Crippen molar-refractivity contribution in [3.05, 3.63) is 27.7 Å². The van der Waals surface area contributed by atoms with Crippen LogP contribution in [0.3, 0.4) is 0 Å². The third-order valence-corrected chi connectivity index (χ3v) is 2.67. The van der Waals surface area contributed by atoms with Crippen molar-refractivity contribution in [2.75, 3.05) is 0 Å². The first-order valence-corrected chi connectivity index (χ1v) is 4.04. The molecule has 1 rings (SSSR count). The lowest BCUT2D eigenvalue weighted by Gasteiger charge is -2.05. The van der Waals surface area contributed by atoms with Gasteiger partial charge in [0.15, 0.2) is 0 Å². The van der Waals surface area contributed by atoms with Gasteiger partial charge in [0, 0.05) is 10.0 Å². The minimum absolute atomic E-state index is 0.130. The van der Waals surface area contributed by atoms with Crippen molar-refractivity contribution in [2.45, 2.75) is 13.5 Å². The molecular weight excluding hydrogens is 208 g/mol. The predicted octanol–water partition coefficient (Wildman–Crippen LogP) is 1.96. The molecule has 1 aromatic rings. The number of rotatable bonds is 1. The molecule has 60 valence electrons. The lowest BCUT2D eigenvalue weighted by Crippen LogP contribution is -1.88. The van der Waals surface area contributed by atoms with Crippen LogP contribution in [0.1, 0.15) is 11.1 Å². The second-order valence-electron chi connectivity index (χ2n) is 2.35. The fourth-order valence-corrected chi connectivity index (χ4v) is 1.34. The van der Waals surface area contributed by atoms with Crippen molar-refractivity contribution in [1.82, 2.24) is 0 Å². The molecule has 0 bridgehead atoms. The van der Waals surface area contributed by atoms with Crippen LogP contribution < -0.4 is 0 Å². The first kappa shape index (κ1) is 8.56. The average Bonchev–Trinajstić information content (AvgIpc) is 1.99. The van der Waals surface area contributed by atoms with Crippen molar-refractivity contribution in [1.29, 1.82) is 0 Å². The Kier molecular flexibility index (Phi) is 2.52. The summed E-state index contributed by atoms with van der Waals surface area (Å²) in [7, 11) is 0. The van der Waals surface area contributed by atoms with E-state index in [1.807, 2.05) is 6.92 Å². The topological polar surface area (TPSA) is 40.5 Å². The summed E-state index contributed by atoms with van der Waals surface area (Å²) in [6.45, 7) is 1.76. The summed E-state index contributed by atoms with van der Waals surface area (Å²) in [5.74, 6) is 0.130. The molecule has 0 saturated heterocycles. The van der Waals surface area contributed by atoms with Gasteiger partial charge in [-0.2, -0.15) is 0 Å². The molecule has 3 heteroatoms. The van der Waals surface area contributed by atoms with Gasteiger partial charge in [-0.1, -0.05) is 22.0 Å². The van der Waals surface area contributed by atoms with Gasteiger partial charge in [-0.3, -0.25) is 0 Å². The molecule has 11 heavy (non-hydrogen) atoms. The van der Waals surface area contributed by atoms with Gasteiger partial charge in [0.1, 0.15) is 5.75 Å². The molecule has 0 atom stereocenters. The Balaban J connectivity index is 3.29. The predicted molar refractivity (Wildman–Crippen MR) is 46.5 cm³/mol. The van der Waals surface area contributed by atoms with E-state index in [1.54, 1.807) is 12.1 Å². The normalized spacial score (nSPS) is 10.1. The molecular formula is C8H9BrO2. The smallest absolute Gasteiger partial charge is 0.122 e. The number of hydrogen-bond acceptors (Lipinski definition) is 2. The van der Waals surface area contributed by atoms with Crippen LogP contribution in [-0.2, 0) is 6.61 Å². The van der Waals surface area contributed by atoms with Gasteiger partial charge in [0.25, 0.3) is 0 Å². The standard InChI is InChI=1S/C8H9BrO2/c1-5-2-3-7(11)6(4-10)8(5)9/h2-3,10-11H,4H2,1H3. The van der Waals surface area contributed by atoms with Gasteiger partial charge in [0.05, 0.1) is 6.61 Å². The van der Waals surface area contributed by atoms with E-state index in [-0.39, 0.29) is 12.4 Å². The molecule has 0 unspecified atom stereocenters. The monoisotopic (exact) mass is 216 g/mol.